The average Bonchev–Trinajstić information content (AvgIpc) is 3.09. The number of nitrogens with one attached hydrogen (secondary N) is 2. The Balaban J connectivity index is 1.57. The van der Waals surface area contributed by atoms with E-state index in [0.29, 0.717) is 29.8 Å². The van der Waals surface area contributed by atoms with Crippen LogP contribution in [-0.2, 0) is 6.42 Å². The van der Waals surface area contributed by atoms with E-state index in [1.54, 1.807) is 42.7 Å². The van der Waals surface area contributed by atoms with Gasteiger partial charge < -0.3 is 15.0 Å². The highest BCUT2D eigenvalue weighted by Gasteiger charge is 2.29. The van der Waals surface area contributed by atoms with E-state index in [-0.39, 0.29) is 29.8 Å². The zero-order valence-electron chi connectivity index (χ0n) is 15.9. The number of hydrogen-bond donors (Lipinski definition) is 2. The molecule has 0 bridgehead atoms. The number of hydrogen-bond acceptors (Lipinski definition) is 4. The largest absolute Gasteiger partial charge is 0.494 e. The van der Waals surface area contributed by atoms with Gasteiger partial charge in [0.25, 0.3) is 5.91 Å². The molecule has 3 aromatic rings. The first-order valence-corrected chi connectivity index (χ1v) is 9.36. The molecule has 0 radical (unpaired) electrons. The van der Waals surface area contributed by atoms with Gasteiger partial charge in [0.05, 0.1) is 18.2 Å². The van der Waals surface area contributed by atoms with Crippen molar-refractivity contribution in [3.05, 3.63) is 77.0 Å². The Labute approximate surface area is 167 Å². The number of aryl methyl sites for hydroxylation is 1. The maximum absolute atomic E-state index is 14.1. The highest BCUT2D eigenvalue weighted by Crippen LogP contribution is 2.34. The third kappa shape index (κ3) is 3.76. The predicted octanol–water partition coefficient (Wildman–Crippen LogP) is 4.11. The quantitative estimate of drug-likeness (QED) is 0.654. The second-order valence-electron chi connectivity index (χ2n) is 6.98. The molecule has 0 fully saturated rings. The van der Waals surface area contributed by atoms with Crippen molar-refractivity contribution in [3.63, 3.8) is 0 Å². The highest BCUT2D eigenvalue weighted by atomic mass is 19.1. The molecule has 1 atom stereocenters. The van der Waals surface area contributed by atoms with Crippen molar-refractivity contribution in [3.8, 4) is 5.75 Å². The topological polar surface area (TPSA) is 84.1 Å². The van der Waals surface area contributed by atoms with Crippen molar-refractivity contribution in [1.29, 1.82) is 0 Å². The molecule has 1 aromatic carbocycles. The molecule has 1 aliphatic carbocycles. The number of methoxy groups -OCH3 is 1. The van der Waals surface area contributed by atoms with E-state index in [4.69, 9.17) is 4.74 Å². The number of rotatable bonds is 4. The van der Waals surface area contributed by atoms with Crippen LogP contribution in [0.3, 0.4) is 0 Å². The molecule has 2 heterocycles. The number of anilines is 1. The van der Waals surface area contributed by atoms with E-state index < -0.39 is 5.82 Å². The normalized spacial score (nSPS) is 16.1. The van der Waals surface area contributed by atoms with E-state index in [1.807, 2.05) is 0 Å². The van der Waals surface area contributed by atoms with Gasteiger partial charge in [-0.1, -0.05) is 12.1 Å². The molecule has 0 saturated heterocycles. The molecule has 2 aromatic heterocycles. The van der Waals surface area contributed by atoms with Gasteiger partial charge in [-0.2, -0.15) is 0 Å². The summed E-state index contributed by atoms with van der Waals surface area (Å²) >= 11 is 0. The molecule has 0 aliphatic heterocycles. The van der Waals surface area contributed by atoms with Crippen molar-refractivity contribution in [2.24, 2.45) is 0 Å². The number of ketones is 1. The maximum Gasteiger partial charge on any atom is 0.259 e. The number of aromatic amines is 1. The lowest BCUT2D eigenvalue weighted by Gasteiger charge is -2.15. The minimum absolute atomic E-state index is 0.129. The van der Waals surface area contributed by atoms with Crippen molar-refractivity contribution >= 4 is 17.5 Å². The van der Waals surface area contributed by atoms with Gasteiger partial charge >= 0.3 is 0 Å². The highest BCUT2D eigenvalue weighted by molar-refractivity contribution is 6.13. The second kappa shape index (κ2) is 7.87. The fourth-order valence-electron chi connectivity index (χ4n) is 3.75. The standard InChI is InChI=1S/C22H20FN3O3/c1-29-19-8-6-13(10-16(19)23)14-5-7-17-21(18(27)11-14)15(12-25-17)22(28)26-20-4-2-3-9-24-20/h2-4,6,8-10,12,14,25H,5,7,11H2,1H3,(H,24,26,28). The van der Waals surface area contributed by atoms with Crippen LogP contribution >= 0.6 is 0 Å². The number of nitrogens with zero attached hydrogens (tertiary/aromatic N) is 1. The van der Waals surface area contributed by atoms with E-state index in [0.717, 1.165) is 11.3 Å². The molecule has 2 N–H and O–H groups in total. The molecule has 29 heavy (non-hydrogen) atoms. The molecule has 0 spiro atoms. The summed E-state index contributed by atoms with van der Waals surface area (Å²) in [5.74, 6) is -0.506. The zero-order chi connectivity index (χ0) is 20.4. The summed E-state index contributed by atoms with van der Waals surface area (Å²) in [5.41, 5.74) is 2.20. The minimum atomic E-state index is -0.448. The van der Waals surface area contributed by atoms with E-state index in [9.17, 15) is 14.0 Å². The predicted molar refractivity (Wildman–Crippen MR) is 106 cm³/mol. The number of pyridine rings is 1. The molecule has 1 unspecified atom stereocenters. The maximum atomic E-state index is 14.1. The second-order valence-corrected chi connectivity index (χ2v) is 6.98. The summed E-state index contributed by atoms with van der Waals surface area (Å²) in [6.45, 7) is 0. The van der Waals surface area contributed by atoms with Crippen molar-refractivity contribution in [2.75, 3.05) is 12.4 Å². The molecule has 7 heteroatoms. The number of benzene rings is 1. The summed E-state index contributed by atoms with van der Waals surface area (Å²) < 4.78 is 19.1. The van der Waals surface area contributed by atoms with Gasteiger partial charge in [-0.15, -0.1) is 0 Å². The minimum Gasteiger partial charge on any atom is -0.494 e. The van der Waals surface area contributed by atoms with Crippen LogP contribution in [0.15, 0.2) is 48.8 Å². The Kier molecular flexibility index (Phi) is 5.12. The molecule has 4 rings (SSSR count). The van der Waals surface area contributed by atoms with Crippen LogP contribution < -0.4 is 10.1 Å². The number of H-pyrrole nitrogens is 1. The number of fused-ring (bicyclic) bond motifs is 1. The number of carbonyl (C=O) groups excluding carboxylic acids is 2. The third-order valence-corrected chi connectivity index (χ3v) is 5.21. The SMILES string of the molecule is COc1ccc(C2CCc3[nH]cc(C(=O)Nc4ccccn4)c3C(=O)C2)cc1F. The van der Waals surface area contributed by atoms with E-state index in [2.05, 4.69) is 15.3 Å². The summed E-state index contributed by atoms with van der Waals surface area (Å²) in [5, 5.41) is 2.71. The number of ether oxygens (including phenoxy) is 1. The van der Waals surface area contributed by atoms with Gasteiger partial charge in [-0.25, -0.2) is 9.37 Å². The first-order valence-electron chi connectivity index (χ1n) is 9.36. The van der Waals surface area contributed by atoms with Crippen LogP contribution in [0, 0.1) is 5.82 Å². The molecule has 1 aliphatic rings. The molecule has 0 saturated carbocycles. The number of amides is 1. The molecular formula is C22H20FN3O3. The van der Waals surface area contributed by atoms with Crippen molar-refractivity contribution in [1.82, 2.24) is 9.97 Å². The van der Waals surface area contributed by atoms with Gasteiger partial charge in [-0.05, 0) is 48.6 Å². The summed E-state index contributed by atoms with van der Waals surface area (Å²) in [7, 11) is 1.41. The van der Waals surface area contributed by atoms with Crippen LogP contribution in [0.1, 0.15) is 50.7 Å². The lowest BCUT2D eigenvalue weighted by molar-refractivity contribution is 0.0959. The Morgan fingerprint density at radius 2 is 2.17 bits per heavy atom. The van der Waals surface area contributed by atoms with Crippen molar-refractivity contribution < 1.29 is 18.7 Å². The number of aromatic nitrogens is 2. The lowest BCUT2D eigenvalue weighted by atomic mass is 9.90. The number of halogens is 1. The van der Waals surface area contributed by atoms with Gasteiger partial charge in [0.2, 0.25) is 0 Å². The van der Waals surface area contributed by atoms with Gasteiger partial charge in [-0.3, -0.25) is 9.59 Å². The molecule has 1 amide bonds. The van der Waals surface area contributed by atoms with Crippen molar-refractivity contribution in [2.45, 2.75) is 25.2 Å². The summed E-state index contributed by atoms with van der Waals surface area (Å²) in [6, 6.07) is 9.98. The first-order chi connectivity index (χ1) is 14.1. The van der Waals surface area contributed by atoms with Crippen LogP contribution in [0.4, 0.5) is 10.2 Å². The van der Waals surface area contributed by atoms with Crippen LogP contribution in [0.25, 0.3) is 0 Å². The number of carbonyl (C=O) groups is 2. The molecule has 6 nitrogen and oxygen atoms in total. The van der Waals surface area contributed by atoms with Crippen LogP contribution in [-0.4, -0.2) is 28.8 Å². The first kappa shape index (κ1) is 18.9. The van der Waals surface area contributed by atoms with Gasteiger partial charge in [0.15, 0.2) is 17.3 Å². The summed E-state index contributed by atoms with van der Waals surface area (Å²) in [6.07, 6.45) is 4.62. The lowest BCUT2D eigenvalue weighted by Crippen LogP contribution is -2.16. The van der Waals surface area contributed by atoms with Gasteiger partial charge in [0.1, 0.15) is 5.82 Å². The summed E-state index contributed by atoms with van der Waals surface area (Å²) in [4.78, 5) is 32.8. The average molecular weight is 393 g/mol. The van der Waals surface area contributed by atoms with E-state index >= 15 is 0 Å². The molecule has 148 valence electrons. The van der Waals surface area contributed by atoms with E-state index in [1.165, 1.54) is 13.2 Å². The van der Waals surface area contributed by atoms with Crippen LogP contribution in [0.2, 0.25) is 0 Å². The van der Waals surface area contributed by atoms with Gasteiger partial charge in [0, 0.05) is 24.5 Å². The third-order valence-electron chi connectivity index (χ3n) is 5.21. The Morgan fingerprint density at radius 1 is 1.31 bits per heavy atom. The number of Topliss-reactive ketones (excluding diaryl/α,β-unsaturated/α-hetero) is 1. The Bertz CT molecular complexity index is 1060. The Morgan fingerprint density at radius 3 is 2.90 bits per heavy atom. The zero-order valence-corrected chi connectivity index (χ0v) is 15.9. The smallest absolute Gasteiger partial charge is 0.259 e. The fraction of sp³-hybridized carbons (Fsp3) is 0.227. The monoisotopic (exact) mass is 393 g/mol. The Hall–Kier alpha value is -3.48. The fourth-order valence-corrected chi connectivity index (χ4v) is 3.75. The van der Waals surface area contributed by atoms with Crippen LogP contribution in [0.5, 0.6) is 5.75 Å². The molecular weight excluding hydrogens is 373 g/mol.